The molecule has 17 heavy (non-hydrogen) atoms. The van der Waals surface area contributed by atoms with Gasteiger partial charge in [-0.3, -0.25) is 4.79 Å². The van der Waals surface area contributed by atoms with E-state index >= 15 is 0 Å². The standard InChI is InChI=1S/C13H17BrFNO/c1-3-4-5-9(2)16-13(17)11-8-10(15)6-7-12(11)14/h6-9H,3-5H2,1-2H3,(H,16,17). The van der Waals surface area contributed by atoms with Gasteiger partial charge in [0.25, 0.3) is 5.91 Å². The third-order valence-corrected chi connectivity index (χ3v) is 3.23. The van der Waals surface area contributed by atoms with Crippen LogP contribution in [0.15, 0.2) is 22.7 Å². The fraction of sp³-hybridized carbons (Fsp3) is 0.462. The lowest BCUT2D eigenvalue weighted by atomic mass is 10.1. The van der Waals surface area contributed by atoms with E-state index in [4.69, 9.17) is 0 Å². The summed E-state index contributed by atoms with van der Waals surface area (Å²) < 4.78 is 13.7. The molecule has 0 fully saturated rings. The van der Waals surface area contributed by atoms with Gasteiger partial charge in [0.05, 0.1) is 5.56 Å². The third kappa shape index (κ3) is 4.46. The molecule has 0 spiro atoms. The molecule has 1 unspecified atom stereocenters. The van der Waals surface area contributed by atoms with Gasteiger partial charge >= 0.3 is 0 Å². The molecule has 0 saturated heterocycles. The average molecular weight is 302 g/mol. The van der Waals surface area contributed by atoms with Crippen molar-refractivity contribution in [3.8, 4) is 0 Å². The zero-order valence-electron chi connectivity index (χ0n) is 10.1. The highest BCUT2D eigenvalue weighted by molar-refractivity contribution is 9.10. The summed E-state index contributed by atoms with van der Waals surface area (Å²) in [5, 5.41) is 2.86. The Kier molecular flexibility index (Phi) is 5.62. The molecule has 1 N–H and O–H groups in total. The van der Waals surface area contributed by atoms with Crippen molar-refractivity contribution >= 4 is 21.8 Å². The highest BCUT2D eigenvalue weighted by Gasteiger charge is 2.13. The second kappa shape index (κ2) is 6.74. The van der Waals surface area contributed by atoms with Crippen LogP contribution in [0.5, 0.6) is 0 Å². The Morgan fingerprint density at radius 2 is 2.24 bits per heavy atom. The van der Waals surface area contributed by atoms with E-state index in [-0.39, 0.29) is 11.9 Å². The number of hydrogen-bond donors (Lipinski definition) is 1. The van der Waals surface area contributed by atoms with Crippen LogP contribution < -0.4 is 5.32 Å². The van der Waals surface area contributed by atoms with Crippen molar-refractivity contribution in [2.24, 2.45) is 0 Å². The second-order valence-corrected chi connectivity index (χ2v) is 5.00. The Balaban J connectivity index is 2.66. The van der Waals surface area contributed by atoms with Gasteiger partial charge in [0.15, 0.2) is 0 Å². The molecule has 1 atom stereocenters. The van der Waals surface area contributed by atoms with E-state index in [1.807, 2.05) is 6.92 Å². The van der Waals surface area contributed by atoms with E-state index in [9.17, 15) is 9.18 Å². The number of rotatable bonds is 5. The summed E-state index contributed by atoms with van der Waals surface area (Å²) in [7, 11) is 0. The zero-order valence-corrected chi connectivity index (χ0v) is 11.7. The molecule has 0 saturated carbocycles. The van der Waals surface area contributed by atoms with Gasteiger partial charge in [-0.05, 0) is 47.5 Å². The van der Waals surface area contributed by atoms with Gasteiger partial charge in [0.1, 0.15) is 5.82 Å². The molecule has 0 heterocycles. The number of unbranched alkanes of at least 4 members (excludes halogenated alkanes) is 1. The average Bonchev–Trinajstić information content (AvgIpc) is 2.29. The van der Waals surface area contributed by atoms with Crippen molar-refractivity contribution < 1.29 is 9.18 Å². The van der Waals surface area contributed by atoms with Crippen molar-refractivity contribution in [3.63, 3.8) is 0 Å². The van der Waals surface area contributed by atoms with Gasteiger partial charge in [-0.25, -0.2) is 4.39 Å². The summed E-state index contributed by atoms with van der Waals surface area (Å²) in [4.78, 5) is 11.9. The van der Waals surface area contributed by atoms with E-state index in [2.05, 4.69) is 28.2 Å². The van der Waals surface area contributed by atoms with Crippen LogP contribution in [0.4, 0.5) is 4.39 Å². The molecule has 1 aromatic carbocycles. The maximum absolute atomic E-state index is 13.0. The number of carbonyl (C=O) groups is 1. The first-order valence-corrected chi connectivity index (χ1v) is 6.59. The van der Waals surface area contributed by atoms with Crippen molar-refractivity contribution in [2.75, 3.05) is 0 Å². The predicted octanol–water partition coefficient (Wildman–Crippen LogP) is 3.90. The van der Waals surface area contributed by atoms with Gasteiger partial charge in [-0.1, -0.05) is 19.8 Å². The minimum absolute atomic E-state index is 0.109. The van der Waals surface area contributed by atoms with E-state index in [1.165, 1.54) is 12.1 Å². The zero-order chi connectivity index (χ0) is 12.8. The first-order valence-electron chi connectivity index (χ1n) is 5.80. The molecule has 0 bridgehead atoms. The van der Waals surface area contributed by atoms with Gasteiger partial charge in [0, 0.05) is 10.5 Å². The highest BCUT2D eigenvalue weighted by atomic mass is 79.9. The maximum atomic E-state index is 13.0. The van der Waals surface area contributed by atoms with Gasteiger partial charge in [-0.2, -0.15) is 0 Å². The summed E-state index contributed by atoms with van der Waals surface area (Å²) in [5.74, 6) is -0.639. The number of benzene rings is 1. The summed E-state index contributed by atoms with van der Waals surface area (Å²) >= 11 is 3.25. The third-order valence-electron chi connectivity index (χ3n) is 2.54. The lowest BCUT2D eigenvalue weighted by Gasteiger charge is -2.14. The van der Waals surface area contributed by atoms with Crippen LogP contribution in [0.3, 0.4) is 0 Å². The molecule has 0 aromatic heterocycles. The van der Waals surface area contributed by atoms with E-state index in [1.54, 1.807) is 6.07 Å². The first-order chi connectivity index (χ1) is 8.04. The van der Waals surface area contributed by atoms with Crippen LogP contribution >= 0.6 is 15.9 Å². The summed E-state index contributed by atoms with van der Waals surface area (Å²) in [6.07, 6.45) is 3.12. The van der Waals surface area contributed by atoms with Gasteiger partial charge in [0.2, 0.25) is 0 Å². The summed E-state index contributed by atoms with van der Waals surface area (Å²) in [6, 6.07) is 4.21. The minimum atomic E-state index is -0.403. The molecule has 1 rings (SSSR count). The largest absolute Gasteiger partial charge is 0.350 e. The predicted molar refractivity (Wildman–Crippen MR) is 70.6 cm³/mol. The van der Waals surface area contributed by atoms with Crippen LogP contribution in [0.1, 0.15) is 43.5 Å². The number of halogens is 2. The Morgan fingerprint density at radius 1 is 1.53 bits per heavy atom. The first kappa shape index (κ1) is 14.2. The molecule has 0 aliphatic heterocycles. The van der Waals surface area contributed by atoms with Crippen LogP contribution in [0, 0.1) is 5.82 Å². The highest BCUT2D eigenvalue weighted by Crippen LogP contribution is 2.18. The quantitative estimate of drug-likeness (QED) is 0.878. The molecular weight excluding hydrogens is 285 g/mol. The van der Waals surface area contributed by atoms with E-state index in [0.29, 0.717) is 10.0 Å². The Hall–Kier alpha value is -0.900. The lowest BCUT2D eigenvalue weighted by Crippen LogP contribution is -2.32. The molecule has 0 radical (unpaired) electrons. The molecule has 2 nitrogen and oxygen atoms in total. The Morgan fingerprint density at radius 3 is 2.88 bits per heavy atom. The van der Waals surface area contributed by atoms with Crippen LogP contribution in [0.2, 0.25) is 0 Å². The van der Waals surface area contributed by atoms with Crippen molar-refractivity contribution in [1.29, 1.82) is 0 Å². The summed E-state index contributed by atoms with van der Waals surface area (Å²) in [5.41, 5.74) is 0.341. The number of nitrogens with one attached hydrogen (secondary N) is 1. The molecule has 4 heteroatoms. The normalized spacial score (nSPS) is 12.2. The lowest BCUT2D eigenvalue weighted by molar-refractivity contribution is 0.0936. The number of hydrogen-bond acceptors (Lipinski definition) is 1. The molecule has 0 aliphatic carbocycles. The fourth-order valence-corrected chi connectivity index (χ4v) is 1.98. The van der Waals surface area contributed by atoms with Gasteiger partial charge in [-0.15, -0.1) is 0 Å². The smallest absolute Gasteiger partial charge is 0.252 e. The fourth-order valence-electron chi connectivity index (χ4n) is 1.56. The van der Waals surface area contributed by atoms with E-state index < -0.39 is 5.82 Å². The van der Waals surface area contributed by atoms with Gasteiger partial charge < -0.3 is 5.32 Å². The second-order valence-electron chi connectivity index (χ2n) is 4.14. The minimum Gasteiger partial charge on any atom is -0.350 e. The molecule has 94 valence electrons. The van der Waals surface area contributed by atoms with Crippen molar-refractivity contribution in [2.45, 2.75) is 39.2 Å². The molecule has 1 amide bonds. The van der Waals surface area contributed by atoms with Crippen LogP contribution in [0.25, 0.3) is 0 Å². The topological polar surface area (TPSA) is 29.1 Å². The SMILES string of the molecule is CCCCC(C)NC(=O)c1cc(F)ccc1Br. The molecule has 1 aromatic rings. The van der Waals surface area contributed by atoms with Crippen LogP contribution in [-0.4, -0.2) is 11.9 Å². The Bertz CT molecular complexity index is 395. The summed E-state index contributed by atoms with van der Waals surface area (Å²) in [6.45, 7) is 4.07. The van der Waals surface area contributed by atoms with Crippen LogP contribution in [-0.2, 0) is 0 Å². The Labute approximate surface area is 110 Å². The van der Waals surface area contributed by atoms with Crippen molar-refractivity contribution in [1.82, 2.24) is 5.32 Å². The number of amides is 1. The molecule has 0 aliphatic rings. The maximum Gasteiger partial charge on any atom is 0.252 e. The molecular formula is C13H17BrFNO. The number of carbonyl (C=O) groups excluding carboxylic acids is 1. The van der Waals surface area contributed by atoms with E-state index in [0.717, 1.165) is 19.3 Å². The van der Waals surface area contributed by atoms with Crippen molar-refractivity contribution in [3.05, 3.63) is 34.1 Å². The monoisotopic (exact) mass is 301 g/mol.